The van der Waals surface area contributed by atoms with Gasteiger partial charge in [-0.25, -0.2) is 9.97 Å². The molecule has 1 aromatic carbocycles. The Morgan fingerprint density at radius 2 is 2.24 bits per heavy atom. The van der Waals surface area contributed by atoms with Gasteiger partial charge in [0.05, 0.1) is 22.8 Å². The van der Waals surface area contributed by atoms with Gasteiger partial charge in [-0.1, -0.05) is 0 Å². The lowest BCUT2D eigenvalue weighted by molar-refractivity contribution is -0.129. The molecule has 10 heteroatoms. The van der Waals surface area contributed by atoms with Crippen LogP contribution in [0.4, 0.5) is 11.5 Å². The van der Waals surface area contributed by atoms with Crippen molar-refractivity contribution >= 4 is 49.9 Å². The molecule has 34 heavy (non-hydrogen) atoms. The number of hydrogen-bond acceptors (Lipinski definition) is 8. The SMILES string of the molecule is CC(CN)Oc1cc2[nH]ncc2cc1Nc1ncnc2sc3c(c12)CCC(CC(=O)N(C)C)C3. The van der Waals surface area contributed by atoms with E-state index < -0.39 is 0 Å². The number of aromatic amines is 1. The number of ether oxygens (including phenoxy) is 1. The van der Waals surface area contributed by atoms with Crippen LogP contribution in [0.25, 0.3) is 21.1 Å². The lowest BCUT2D eigenvalue weighted by Crippen LogP contribution is -2.26. The maximum Gasteiger partial charge on any atom is 0.222 e. The summed E-state index contributed by atoms with van der Waals surface area (Å²) in [5.41, 5.74) is 8.79. The lowest BCUT2D eigenvalue weighted by Gasteiger charge is -2.23. The Bertz CT molecular complexity index is 1350. The molecule has 0 aliphatic heterocycles. The van der Waals surface area contributed by atoms with Crippen molar-refractivity contribution in [3.8, 4) is 5.75 Å². The highest BCUT2D eigenvalue weighted by atomic mass is 32.1. The molecule has 4 N–H and O–H groups in total. The third-order valence-corrected chi connectivity index (χ3v) is 7.53. The van der Waals surface area contributed by atoms with E-state index in [-0.39, 0.29) is 12.0 Å². The summed E-state index contributed by atoms with van der Waals surface area (Å²) < 4.78 is 6.11. The van der Waals surface area contributed by atoms with Gasteiger partial charge in [-0.3, -0.25) is 9.89 Å². The van der Waals surface area contributed by atoms with Gasteiger partial charge in [0.2, 0.25) is 5.91 Å². The third-order valence-electron chi connectivity index (χ3n) is 6.36. The van der Waals surface area contributed by atoms with Gasteiger partial charge in [-0.05, 0) is 43.7 Å². The van der Waals surface area contributed by atoms with E-state index in [4.69, 9.17) is 10.5 Å². The minimum atomic E-state index is -0.137. The van der Waals surface area contributed by atoms with Crippen LogP contribution in [-0.2, 0) is 17.6 Å². The number of nitrogens with two attached hydrogens (primary N) is 1. The quantitative estimate of drug-likeness (QED) is 0.370. The van der Waals surface area contributed by atoms with Crippen LogP contribution in [0.15, 0.2) is 24.7 Å². The first kappa shape index (κ1) is 22.5. The van der Waals surface area contributed by atoms with Crippen LogP contribution in [0.1, 0.15) is 30.2 Å². The van der Waals surface area contributed by atoms with Gasteiger partial charge in [0, 0.05) is 43.4 Å². The highest BCUT2D eigenvalue weighted by molar-refractivity contribution is 7.19. The van der Waals surface area contributed by atoms with Crippen molar-refractivity contribution in [1.29, 1.82) is 0 Å². The molecule has 178 valence electrons. The first-order chi connectivity index (χ1) is 16.4. The molecule has 2 unspecified atom stereocenters. The van der Waals surface area contributed by atoms with Gasteiger partial charge in [-0.2, -0.15) is 5.10 Å². The number of rotatable bonds is 7. The molecule has 0 saturated carbocycles. The lowest BCUT2D eigenvalue weighted by atomic mass is 9.85. The minimum absolute atomic E-state index is 0.137. The number of benzene rings is 1. The molecule has 0 bridgehead atoms. The average Bonchev–Trinajstić information content (AvgIpc) is 3.42. The van der Waals surface area contributed by atoms with Crippen LogP contribution < -0.4 is 15.8 Å². The second kappa shape index (κ2) is 9.19. The molecule has 9 nitrogen and oxygen atoms in total. The topological polar surface area (TPSA) is 122 Å². The molecule has 0 spiro atoms. The van der Waals surface area contributed by atoms with E-state index in [1.807, 2.05) is 33.2 Å². The number of nitrogens with zero attached hydrogens (tertiary/aromatic N) is 4. The van der Waals surface area contributed by atoms with E-state index >= 15 is 0 Å². The maximum absolute atomic E-state index is 12.2. The van der Waals surface area contributed by atoms with Crippen molar-refractivity contribution in [2.24, 2.45) is 11.7 Å². The fourth-order valence-corrected chi connectivity index (χ4v) is 5.74. The molecule has 0 radical (unpaired) electrons. The van der Waals surface area contributed by atoms with E-state index in [0.29, 0.717) is 24.6 Å². The van der Waals surface area contributed by atoms with Crippen molar-refractivity contribution < 1.29 is 9.53 Å². The number of aromatic nitrogens is 4. The number of aryl methyl sites for hydroxylation is 1. The van der Waals surface area contributed by atoms with Crippen molar-refractivity contribution in [2.75, 3.05) is 26.0 Å². The van der Waals surface area contributed by atoms with Crippen LogP contribution in [0.2, 0.25) is 0 Å². The predicted octanol–water partition coefficient (Wildman–Crippen LogP) is 3.62. The van der Waals surface area contributed by atoms with Crippen molar-refractivity contribution in [2.45, 2.75) is 38.7 Å². The van der Waals surface area contributed by atoms with E-state index in [1.54, 1.807) is 28.8 Å². The fourth-order valence-electron chi connectivity index (χ4n) is 4.44. The second-order valence-electron chi connectivity index (χ2n) is 9.10. The number of thiophene rings is 1. The summed E-state index contributed by atoms with van der Waals surface area (Å²) in [6, 6.07) is 3.94. The summed E-state index contributed by atoms with van der Waals surface area (Å²) in [4.78, 5) is 25.3. The standard InChI is InChI=1S/C24H29N7O2S/c1-13(10-25)33-19-9-17-15(11-28-30-17)8-18(19)29-23-22-16-5-4-14(7-21(32)31(2)3)6-20(16)34-24(22)27-12-26-23/h8-9,11-14H,4-7,10,25H2,1-3H3,(H,28,30)(H,26,27,29). The summed E-state index contributed by atoms with van der Waals surface area (Å²) in [6.45, 7) is 2.35. The molecule has 1 aliphatic rings. The van der Waals surface area contributed by atoms with Crippen molar-refractivity contribution in [3.63, 3.8) is 0 Å². The number of anilines is 2. The van der Waals surface area contributed by atoms with Crippen LogP contribution in [0, 0.1) is 5.92 Å². The number of H-pyrrole nitrogens is 1. The Labute approximate surface area is 201 Å². The summed E-state index contributed by atoms with van der Waals surface area (Å²) in [5.74, 6) is 2.00. The number of carbonyl (C=O) groups excluding carboxylic acids is 1. The molecule has 3 aromatic heterocycles. The number of hydrogen-bond donors (Lipinski definition) is 3. The third kappa shape index (κ3) is 4.30. The largest absolute Gasteiger partial charge is 0.487 e. The molecule has 3 heterocycles. The van der Waals surface area contributed by atoms with E-state index in [9.17, 15) is 4.79 Å². The number of carbonyl (C=O) groups is 1. The van der Waals surface area contributed by atoms with E-state index in [1.165, 1.54) is 10.4 Å². The van der Waals surface area contributed by atoms with Gasteiger partial charge in [0.15, 0.2) is 0 Å². The van der Waals surface area contributed by atoms with Crippen molar-refractivity contribution in [1.82, 2.24) is 25.1 Å². The smallest absolute Gasteiger partial charge is 0.222 e. The number of nitrogens with one attached hydrogen (secondary N) is 2. The zero-order valence-electron chi connectivity index (χ0n) is 19.6. The van der Waals surface area contributed by atoms with Gasteiger partial charge < -0.3 is 20.7 Å². The highest BCUT2D eigenvalue weighted by Crippen LogP contribution is 2.42. The number of fused-ring (bicyclic) bond motifs is 4. The molecular weight excluding hydrogens is 450 g/mol. The Morgan fingerprint density at radius 3 is 3.03 bits per heavy atom. The van der Waals surface area contributed by atoms with Gasteiger partial charge in [0.1, 0.15) is 28.8 Å². The van der Waals surface area contributed by atoms with Crippen LogP contribution in [0.5, 0.6) is 5.75 Å². The molecule has 4 aromatic rings. The Kier molecular flexibility index (Phi) is 6.09. The summed E-state index contributed by atoms with van der Waals surface area (Å²) in [6.07, 6.45) is 6.63. The van der Waals surface area contributed by atoms with Gasteiger partial charge in [0.25, 0.3) is 0 Å². The minimum Gasteiger partial charge on any atom is -0.487 e. The molecule has 2 atom stereocenters. The van der Waals surface area contributed by atoms with Gasteiger partial charge >= 0.3 is 0 Å². The maximum atomic E-state index is 12.2. The molecular formula is C24H29N7O2S. The Morgan fingerprint density at radius 1 is 1.38 bits per heavy atom. The van der Waals surface area contributed by atoms with Gasteiger partial charge in [-0.15, -0.1) is 11.3 Å². The zero-order valence-corrected chi connectivity index (χ0v) is 20.4. The first-order valence-corrected chi connectivity index (χ1v) is 12.3. The van der Waals surface area contributed by atoms with Crippen LogP contribution in [0.3, 0.4) is 0 Å². The van der Waals surface area contributed by atoms with Crippen LogP contribution >= 0.6 is 11.3 Å². The first-order valence-electron chi connectivity index (χ1n) is 11.5. The predicted molar refractivity (Wildman–Crippen MR) is 135 cm³/mol. The van der Waals surface area contributed by atoms with E-state index in [2.05, 4.69) is 25.5 Å². The molecule has 0 saturated heterocycles. The zero-order chi connectivity index (χ0) is 23.8. The Balaban J connectivity index is 1.49. The summed E-state index contributed by atoms with van der Waals surface area (Å²) >= 11 is 1.71. The summed E-state index contributed by atoms with van der Waals surface area (Å²) in [5, 5.41) is 12.7. The molecule has 1 amide bonds. The fraction of sp³-hybridized carbons (Fsp3) is 0.417. The van der Waals surface area contributed by atoms with E-state index in [0.717, 1.165) is 51.9 Å². The molecule has 0 fully saturated rings. The highest BCUT2D eigenvalue weighted by Gasteiger charge is 2.27. The number of amides is 1. The van der Waals surface area contributed by atoms with Crippen LogP contribution in [-0.4, -0.2) is 57.7 Å². The average molecular weight is 480 g/mol. The second-order valence-corrected chi connectivity index (χ2v) is 10.2. The normalized spacial score (nSPS) is 16.4. The summed E-state index contributed by atoms with van der Waals surface area (Å²) in [7, 11) is 3.63. The molecule has 5 rings (SSSR count). The monoisotopic (exact) mass is 479 g/mol. The molecule has 1 aliphatic carbocycles. The van der Waals surface area contributed by atoms with Crippen molar-refractivity contribution in [3.05, 3.63) is 35.1 Å². The Hall–Kier alpha value is -3.24.